The van der Waals surface area contributed by atoms with Crippen LogP contribution in [0.15, 0.2) is 28.4 Å². The van der Waals surface area contributed by atoms with Crippen LogP contribution in [0, 0.1) is 0 Å². The highest BCUT2D eigenvalue weighted by Gasteiger charge is 2.30. The maximum absolute atomic E-state index is 12.8. The molecule has 2 aromatic heterocycles. The number of sulfonamides is 1. The van der Waals surface area contributed by atoms with Crippen LogP contribution in [0.25, 0.3) is 5.65 Å². The largest absolute Gasteiger partial charge is 0.351 e. The number of thioether (sulfide) groups is 1. The first-order valence-electron chi connectivity index (χ1n) is 9.59. The van der Waals surface area contributed by atoms with Gasteiger partial charge in [-0.15, -0.1) is 10.2 Å². The van der Waals surface area contributed by atoms with Gasteiger partial charge < -0.3 is 5.32 Å². The first kappa shape index (κ1) is 23.0. The third kappa shape index (κ3) is 4.79. The van der Waals surface area contributed by atoms with Gasteiger partial charge in [0, 0.05) is 25.3 Å². The van der Waals surface area contributed by atoms with Gasteiger partial charge >= 0.3 is 0 Å². The molecule has 13 heteroatoms. The van der Waals surface area contributed by atoms with E-state index >= 15 is 0 Å². The highest BCUT2D eigenvalue weighted by Crippen LogP contribution is 2.25. The van der Waals surface area contributed by atoms with E-state index in [4.69, 9.17) is 0 Å². The van der Waals surface area contributed by atoms with Gasteiger partial charge in [0.1, 0.15) is 0 Å². The minimum absolute atomic E-state index is 0.0451. The monoisotopic (exact) mass is 475 g/mol. The van der Waals surface area contributed by atoms with Gasteiger partial charge in [-0.3, -0.25) is 9.20 Å². The van der Waals surface area contributed by atoms with Crippen LogP contribution < -0.4 is 5.32 Å². The van der Waals surface area contributed by atoms with Gasteiger partial charge in [-0.05, 0) is 25.5 Å². The summed E-state index contributed by atoms with van der Waals surface area (Å²) in [6.45, 7) is 5.94. The molecule has 1 aliphatic heterocycles. The number of rotatable bonds is 8. The van der Waals surface area contributed by atoms with E-state index in [1.54, 1.807) is 31.2 Å². The molecule has 0 radical (unpaired) electrons. The average Bonchev–Trinajstić information content (AvgIpc) is 3.24. The molecule has 1 fully saturated rings. The zero-order valence-corrected chi connectivity index (χ0v) is 19.4. The lowest BCUT2D eigenvalue weighted by Crippen LogP contribution is -2.40. The van der Waals surface area contributed by atoms with E-state index in [1.807, 2.05) is 0 Å². The Balaban J connectivity index is 1.78. The number of pyridine rings is 1. The molecular formula is C17H25N5O5S3. The van der Waals surface area contributed by atoms with E-state index in [0.717, 1.165) is 11.8 Å². The van der Waals surface area contributed by atoms with Crippen molar-refractivity contribution in [2.24, 2.45) is 0 Å². The molecule has 0 aromatic carbocycles. The maximum atomic E-state index is 12.8. The predicted octanol–water partition coefficient (Wildman–Crippen LogP) is 0.544. The summed E-state index contributed by atoms with van der Waals surface area (Å²) in [4.78, 5) is 12.6. The molecule has 0 saturated carbocycles. The number of aromatic nitrogens is 3. The van der Waals surface area contributed by atoms with Crippen LogP contribution in [0.5, 0.6) is 0 Å². The van der Waals surface area contributed by atoms with Gasteiger partial charge in [-0.25, -0.2) is 16.8 Å². The van der Waals surface area contributed by atoms with E-state index in [2.05, 4.69) is 15.5 Å². The van der Waals surface area contributed by atoms with Crippen molar-refractivity contribution in [1.29, 1.82) is 0 Å². The van der Waals surface area contributed by atoms with Gasteiger partial charge in [0.2, 0.25) is 15.9 Å². The molecule has 30 heavy (non-hydrogen) atoms. The zero-order chi connectivity index (χ0) is 22.1. The summed E-state index contributed by atoms with van der Waals surface area (Å²) in [5, 5.41) is 10.7. The lowest BCUT2D eigenvalue weighted by atomic mass is 10.2. The SMILES string of the molecule is CCN(CC)S(=O)(=O)c1ccc2nnc(S[C@H](C)C(=O)N[C@@H]3CCS(=O)(=O)C3)n2c1. The van der Waals surface area contributed by atoms with Crippen LogP contribution >= 0.6 is 11.8 Å². The third-order valence-electron chi connectivity index (χ3n) is 4.92. The summed E-state index contributed by atoms with van der Waals surface area (Å²) < 4.78 is 51.6. The highest BCUT2D eigenvalue weighted by molar-refractivity contribution is 8.00. The fraction of sp³-hybridized carbons (Fsp3) is 0.588. The van der Waals surface area contributed by atoms with Crippen LogP contribution in [0.2, 0.25) is 0 Å². The molecule has 1 aliphatic rings. The number of fused-ring (bicyclic) bond motifs is 1. The number of carbonyl (C=O) groups is 1. The Kier molecular flexibility index (Phi) is 6.75. The average molecular weight is 476 g/mol. The molecule has 0 aliphatic carbocycles. The number of nitrogens with one attached hydrogen (secondary N) is 1. The molecule has 10 nitrogen and oxygen atoms in total. The first-order valence-corrected chi connectivity index (χ1v) is 13.7. The minimum Gasteiger partial charge on any atom is -0.351 e. The second-order valence-electron chi connectivity index (χ2n) is 7.03. The van der Waals surface area contributed by atoms with Crippen molar-refractivity contribution < 1.29 is 21.6 Å². The summed E-state index contributed by atoms with van der Waals surface area (Å²) in [6.07, 6.45) is 1.87. The Hall–Kier alpha value is -1.70. The number of hydrogen-bond acceptors (Lipinski definition) is 8. The fourth-order valence-corrected chi connectivity index (χ4v) is 7.20. The summed E-state index contributed by atoms with van der Waals surface area (Å²) in [5.74, 6) is -0.264. The number of sulfone groups is 1. The maximum Gasteiger partial charge on any atom is 0.244 e. The molecule has 1 amide bonds. The number of amides is 1. The van der Waals surface area contributed by atoms with Gasteiger partial charge in [0.15, 0.2) is 20.6 Å². The second kappa shape index (κ2) is 8.81. The lowest BCUT2D eigenvalue weighted by molar-refractivity contribution is -0.120. The van der Waals surface area contributed by atoms with Crippen molar-refractivity contribution in [2.45, 2.75) is 48.5 Å². The Bertz CT molecular complexity index is 1140. The standard InChI is InChI=1S/C17H25N5O5S3/c1-4-21(5-2)30(26,27)14-6-7-15-19-20-17(22(15)10-14)28-12(3)16(23)18-13-8-9-29(24,25)11-13/h6-7,10,12-13H,4-5,8-9,11H2,1-3H3,(H,18,23)/t12-,13-/m1/s1. The molecule has 2 atom stereocenters. The summed E-state index contributed by atoms with van der Waals surface area (Å²) in [7, 11) is -6.73. The lowest BCUT2D eigenvalue weighted by Gasteiger charge is -2.18. The molecular weight excluding hydrogens is 450 g/mol. The van der Waals surface area contributed by atoms with Crippen molar-refractivity contribution in [2.75, 3.05) is 24.6 Å². The van der Waals surface area contributed by atoms with Crippen LogP contribution in [-0.4, -0.2) is 77.5 Å². The fourth-order valence-electron chi connectivity index (χ4n) is 3.23. The molecule has 0 spiro atoms. The van der Waals surface area contributed by atoms with Crippen molar-refractivity contribution >= 4 is 43.2 Å². The number of carbonyl (C=O) groups excluding carboxylic acids is 1. The number of hydrogen-bond donors (Lipinski definition) is 1. The van der Waals surface area contributed by atoms with Crippen molar-refractivity contribution in [1.82, 2.24) is 24.2 Å². The van der Waals surface area contributed by atoms with Crippen molar-refractivity contribution in [3.63, 3.8) is 0 Å². The Morgan fingerprint density at radius 2 is 2.03 bits per heavy atom. The van der Waals surface area contributed by atoms with E-state index < -0.39 is 25.1 Å². The topological polar surface area (TPSA) is 131 Å². The minimum atomic E-state index is -3.65. The van der Waals surface area contributed by atoms with Crippen LogP contribution in [0.1, 0.15) is 27.2 Å². The molecule has 3 rings (SSSR count). The first-order chi connectivity index (χ1) is 14.1. The van der Waals surface area contributed by atoms with Crippen LogP contribution in [0.4, 0.5) is 0 Å². The van der Waals surface area contributed by atoms with E-state index in [1.165, 1.54) is 16.6 Å². The van der Waals surface area contributed by atoms with Gasteiger partial charge in [-0.2, -0.15) is 4.31 Å². The van der Waals surface area contributed by atoms with Gasteiger partial charge in [0.25, 0.3) is 0 Å². The predicted molar refractivity (Wildman–Crippen MR) is 114 cm³/mol. The normalized spacial score (nSPS) is 19.9. The molecule has 0 unspecified atom stereocenters. The highest BCUT2D eigenvalue weighted by atomic mass is 32.2. The van der Waals surface area contributed by atoms with E-state index in [-0.39, 0.29) is 28.4 Å². The zero-order valence-electron chi connectivity index (χ0n) is 17.0. The van der Waals surface area contributed by atoms with E-state index in [0.29, 0.717) is 30.3 Å². The van der Waals surface area contributed by atoms with Gasteiger partial charge in [0.05, 0.1) is 21.7 Å². The Morgan fingerprint density at radius 1 is 1.33 bits per heavy atom. The molecule has 3 heterocycles. The summed E-state index contributed by atoms with van der Waals surface area (Å²) >= 11 is 1.13. The Morgan fingerprint density at radius 3 is 2.63 bits per heavy atom. The Labute approximate surface area is 180 Å². The van der Waals surface area contributed by atoms with Crippen LogP contribution in [-0.2, 0) is 24.7 Å². The number of nitrogens with zero attached hydrogens (tertiary/aromatic N) is 4. The van der Waals surface area contributed by atoms with Crippen molar-refractivity contribution in [3.05, 3.63) is 18.3 Å². The quantitative estimate of drug-likeness (QED) is 0.548. The van der Waals surface area contributed by atoms with Crippen molar-refractivity contribution in [3.8, 4) is 0 Å². The molecule has 166 valence electrons. The van der Waals surface area contributed by atoms with Gasteiger partial charge in [-0.1, -0.05) is 25.6 Å². The molecule has 1 saturated heterocycles. The third-order valence-corrected chi connectivity index (χ3v) is 9.78. The second-order valence-corrected chi connectivity index (χ2v) is 12.5. The van der Waals surface area contributed by atoms with Crippen LogP contribution in [0.3, 0.4) is 0 Å². The smallest absolute Gasteiger partial charge is 0.244 e. The summed E-state index contributed by atoms with van der Waals surface area (Å²) in [6, 6.07) is 2.68. The molecule has 0 bridgehead atoms. The molecule has 1 N–H and O–H groups in total. The van der Waals surface area contributed by atoms with E-state index in [9.17, 15) is 21.6 Å². The molecule has 2 aromatic rings. The summed E-state index contributed by atoms with van der Waals surface area (Å²) in [5.41, 5.74) is 0.463.